The normalized spacial score (nSPS) is 15.7. The molecule has 1 amide bonds. The molecule has 0 spiro atoms. The van der Waals surface area contributed by atoms with Crippen LogP contribution in [0.5, 0.6) is 0 Å². The third-order valence-corrected chi connectivity index (χ3v) is 3.89. The Labute approximate surface area is 119 Å². The van der Waals surface area contributed by atoms with Gasteiger partial charge in [0, 0.05) is 44.2 Å². The Bertz CT molecular complexity index is 613. The first kappa shape index (κ1) is 12.9. The summed E-state index contributed by atoms with van der Waals surface area (Å²) in [5.41, 5.74) is 0. The number of fused-ring (bicyclic) bond motifs is 1. The van der Waals surface area contributed by atoms with Gasteiger partial charge in [-0.3, -0.25) is 4.79 Å². The van der Waals surface area contributed by atoms with E-state index in [1.165, 1.54) is 10.8 Å². The van der Waals surface area contributed by atoms with Gasteiger partial charge in [0.1, 0.15) is 5.82 Å². The number of carbonyl (C=O) groups excluding carboxylic acids is 1. The van der Waals surface area contributed by atoms with E-state index >= 15 is 0 Å². The van der Waals surface area contributed by atoms with E-state index in [2.05, 4.69) is 22.0 Å². The van der Waals surface area contributed by atoms with E-state index in [0.717, 1.165) is 32.0 Å². The zero-order valence-corrected chi connectivity index (χ0v) is 11.7. The maximum Gasteiger partial charge on any atom is 0.222 e. The Morgan fingerprint density at radius 3 is 2.65 bits per heavy atom. The minimum absolute atomic E-state index is 0.246. The molecule has 0 unspecified atom stereocenters. The number of anilines is 1. The smallest absolute Gasteiger partial charge is 0.222 e. The molecule has 0 atom stereocenters. The molecule has 1 aliphatic heterocycles. The number of carbonyl (C=O) groups is 1. The van der Waals surface area contributed by atoms with Crippen molar-refractivity contribution in [2.24, 2.45) is 0 Å². The second kappa shape index (κ2) is 5.49. The SMILES string of the molecule is CCC(=O)N1CCN(c2nccc3ccccc23)CC1. The van der Waals surface area contributed by atoms with Crippen LogP contribution in [0.25, 0.3) is 10.8 Å². The van der Waals surface area contributed by atoms with Gasteiger partial charge in [0.15, 0.2) is 0 Å². The second-order valence-corrected chi connectivity index (χ2v) is 5.08. The van der Waals surface area contributed by atoms with E-state index < -0.39 is 0 Å². The molecule has 0 bridgehead atoms. The molecule has 4 nitrogen and oxygen atoms in total. The fraction of sp³-hybridized carbons (Fsp3) is 0.375. The average molecular weight is 269 g/mol. The summed E-state index contributed by atoms with van der Waals surface area (Å²) in [5.74, 6) is 1.28. The summed E-state index contributed by atoms with van der Waals surface area (Å²) in [6.45, 7) is 5.20. The molecular formula is C16H19N3O. The zero-order chi connectivity index (χ0) is 13.9. The molecule has 0 saturated carbocycles. The highest BCUT2D eigenvalue weighted by Crippen LogP contribution is 2.24. The van der Waals surface area contributed by atoms with Gasteiger partial charge >= 0.3 is 0 Å². The van der Waals surface area contributed by atoms with Crippen LogP contribution >= 0.6 is 0 Å². The van der Waals surface area contributed by atoms with Gasteiger partial charge in [-0.05, 0) is 11.5 Å². The van der Waals surface area contributed by atoms with Crippen LogP contribution in [-0.4, -0.2) is 42.0 Å². The maximum atomic E-state index is 11.7. The van der Waals surface area contributed by atoms with Gasteiger partial charge in [0.25, 0.3) is 0 Å². The molecule has 0 aliphatic carbocycles. The number of pyridine rings is 1. The molecule has 3 rings (SSSR count). The Morgan fingerprint density at radius 2 is 1.90 bits per heavy atom. The monoisotopic (exact) mass is 269 g/mol. The third-order valence-electron chi connectivity index (χ3n) is 3.89. The molecule has 2 aromatic rings. The summed E-state index contributed by atoms with van der Waals surface area (Å²) in [6, 6.07) is 10.3. The standard InChI is InChI=1S/C16H19N3O/c1-2-15(20)18-9-11-19(12-10-18)16-14-6-4-3-5-13(14)7-8-17-16/h3-8H,2,9-12H2,1H3. The van der Waals surface area contributed by atoms with Crippen molar-refractivity contribution in [3.63, 3.8) is 0 Å². The van der Waals surface area contributed by atoms with Crippen LogP contribution in [0.15, 0.2) is 36.5 Å². The van der Waals surface area contributed by atoms with Crippen molar-refractivity contribution < 1.29 is 4.79 Å². The number of benzene rings is 1. The molecule has 1 aromatic heterocycles. The fourth-order valence-electron chi connectivity index (χ4n) is 2.75. The molecule has 104 valence electrons. The number of aromatic nitrogens is 1. The predicted octanol–water partition coefficient (Wildman–Crippen LogP) is 2.29. The molecule has 0 radical (unpaired) electrons. The summed E-state index contributed by atoms with van der Waals surface area (Å²) in [6.07, 6.45) is 2.45. The van der Waals surface area contributed by atoms with Crippen LogP contribution in [-0.2, 0) is 4.79 Å². The lowest BCUT2D eigenvalue weighted by atomic mass is 10.1. The highest BCUT2D eigenvalue weighted by molar-refractivity contribution is 5.92. The minimum Gasteiger partial charge on any atom is -0.353 e. The highest BCUT2D eigenvalue weighted by Gasteiger charge is 2.21. The van der Waals surface area contributed by atoms with E-state index in [1.54, 1.807) is 0 Å². The van der Waals surface area contributed by atoms with Crippen LogP contribution in [0.3, 0.4) is 0 Å². The van der Waals surface area contributed by atoms with Crippen LogP contribution in [0.4, 0.5) is 5.82 Å². The van der Waals surface area contributed by atoms with Crippen molar-refractivity contribution in [3.8, 4) is 0 Å². The van der Waals surface area contributed by atoms with Gasteiger partial charge < -0.3 is 9.80 Å². The topological polar surface area (TPSA) is 36.4 Å². The van der Waals surface area contributed by atoms with E-state index in [-0.39, 0.29) is 5.91 Å². The van der Waals surface area contributed by atoms with E-state index in [4.69, 9.17) is 0 Å². The zero-order valence-electron chi connectivity index (χ0n) is 11.7. The van der Waals surface area contributed by atoms with Crippen molar-refractivity contribution in [3.05, 3.63) is 36.5 Å². The summed E-state index contributed by atoms with van der Waals surface area (Å²) >= 11 is 0. The number of hydrogen-bond acceptors (Lipinski definition) is 3. The van der Waals surface area contributed by atoms with Gasteiger partial charge in [-0.1, -0.05) is 31.2 Å². The second-order valence-electron chi connectivity index (χ2n) is 5.08. The Hall–Kier alpha value is -2.10. The minimum atomic E-state index is 0.246. The number of hydrogen-bond donors (Lipinski definition) is 0. The molecular weight excluding hydrogens is 250 g/mol. The maximum absolute atomic E-state index is 11.7. The Morgan fingerprint density at radius 1 is 1.15 bits per heavy atom. The summed E-state index contributed by atoms with van der Waals surface area (Å²) in [5, 5.41) is 2.40. The quantitative estimate of drug-likeness (QED) is 0.839. The largest absolute Gasteiger partial charge is 0.353 e. The first-order chi connectivity index (χ1) is 9.79. The number of nitrogens with zero attached hydrogens (tertiary/aromatic N) is 3. The molecule has 1 fully saturated rings. The Balaban J connectivity index is 1.82. The fourth-order valence-corrected chi connectivity index (χ4v) is 2.75. The van der Waals surface area contributed by atoms with Crippen molar-refractivity contribution in [2.75, 3.05) is 31.1 Å². The van der Waals surface area contributed by atoms with Crippen molar-refractivity contribution in [1.29, 1.82) is 0 Å². The number of rotatable bonds is 2. The highest BCUT2D eigenvalue weighted by atomic mass is 16.2. The van der Waals surface area contributed by atoms with E-state index in [0.29, 0.717) is 6.42 Å². The van der Waals surface area contributed by atoms with Crippen molar-refractivity contribution in [1.82, 2.24) is 9.88 Å². The van der Waals surface area contributed by atoms with Crippen LogP contribution in [0, 0.1) is 0 Å². The van der Waals surface area contributed by atoms with Crippen LogP contribution in [0.2, 0.25) is 0 Å². The van der Waals surface area contributed by atoms with E-state index in [1.807, 2.05) is 36.2 Å². The van der Waals surface area contributed by atoms with Crippen LogP contribution in [0.1, 0.15) is 13.3 Å². The summed E-state index contributed by atoms with van der Waals surface area (Å²) in [7, 11) is 0. The lowest BCUT2D eigenvalue weighted by Gasteiger charge is -2.35. The Kier molecular flexibility index (Phi) is 3.54. The lowest BCUT2D eigenvalue weighted by Crippen LogP contribution is -2.48. The van der Waals surface area contributed by atoms with Gasteiger partial charge in [-0.25, -0.2) is 4.98 Å². The molecule has 1 aliphatic rings. The number of piperazine rings is 1. The van der Waals surface area contributed by atoms with Crippen LogP contribution < -0.4 is 4.90 Å². The lowest BCUT2D eigenvalue weighted by molar-refractivity contribution is -0.131. The molecule has 4 heteroatoms. The molecule has 2 heterocycles. The van der Waals surface area contributed by atoms with Gasteiger partial charge in [-0.15, -0.1) is 0 Å². The average Bonchev–Trinajstić information content (AvgIpc) is 2.54. The first-order valence-electron chi connectivity index (χ1n) is 7.16. The van der Waals surface area contributed by atoms with Gasteiger partial charge in [-0.2, -0.15) is 0 Å². The van der Waals surface area contributed by atoms with Gasteiger partial charge in [0.05, 0.1) is 0 Å². The first-order valence-corrected chi connectivity index (χ1v) is 7.16. The summed E-state index contributed by atoms with van der Waals surface area (Å²) in [4.78, 5) is 20.5. The predicted molar refractivity (Wildman–Crippen MR) is 80.8 cm³/mol. The van der Waals surface area contributed by atoms with Gasteiger partial charge in [0.2, 0.25) is 5.91 Å². The molecule has 1 saturated heterocycles. The van der Waals surface area contributed by atoms with E-state index in [9.17, 15) is 4.79 Å². The van der Waals surface area contributed by atoms with Crippen molar-refractivity contribution in [2.45, 2.75) is 13.3 Å². The summed E-state index contributed by atoms with van der Waals surface area (Å²) < 4.78 is 0. The third kappa shape index (κ3) is 2.33. The molecule has 0 N–H and O–H groups in total. The van der Waals surface area contributed by atoms with Crippen molar-refractivity contribution >= 4 is 22.5 Å². The number of amides is 1. The molecule has 20 heavy (non-hydrogen) atoms. The molecule has 1 aromatic carbocycles.